The number of benzene rings is 1. The molecule has 1 aliphatic rings. The topological polar surface area (TPSA) is 12.0 Å². The van der Waals surface area contributed by atoms with Gasteiger partial charge in [0.15, 0.2) is 0 Å². The van der Waals surface area contributed by atoms with E-state index >= 15 is 0 Å². The highest BCUT2D eigenvalue weighted by atomic mass is 19.1. The first-order valence-corrected chi connectivity index (χ1v) is 8.38. The maximum Gasteiger partial charge on any atom is 0.123 e. The zero-order valence-corrected chi connectivity index (χ0v) is 14.0. The Hall–Kier alpha value is -0.890. The smallest absolute Gasteiger partial charge is 0.123 e. The fourth-order valence-electron chi connectivity index (χ4n) is 3.54. The van der Waals surface area contributed by atoms with Gasteiger partial charge in [-0.05, 0) is 61.6 Å². The van der Waals surface area contributed by atoms with E-state index in [-0.39, 0.29) is 5.82 Å². The third-order valence-electron chi connectivity index (χ3n) is 5.05. The van der Waals surface area contributed by atoms with Gasteiger partial charge in [0.25, 0.3) is 0 Å². The number of hydrogen-bond donors (Lipinski definition) is 1. The molecule has 1 saturated carbocycles. The molecule has 2 rings (SSSR count). The minimum Gasteiger partial charge on any atom is -0.307 e. The van der Waals surface area contributed by atoms with Crippen molar-refractivity contribution in [2.24, 2.45) is 11.3 Å². The van der Waals surface area contributed by atoms with Crippen LogP contribution >= 0.6 is 0 Å². The van der Waals surface area contributed by atoms with Crippen molar-refractivity contribution < 1.29 is 4.39 Å². The molecule has 3 atom stereocenters. The van der Waals surface area contributed by atoms with E-state index in [1.807, 2.05) is 12.1 Å². The van der Waals surface area contributed by atoms with Crippen molar-refractivity contribution >= 4 is 0 Å². The molecule has 0 heterocycles. The van der Waals surface area contributed by atoms with Gasteiger partial charge >= 0.3 is 0 Å². The molecule has 0 aromatic heterocycles. The summed E-state index contributed by atoms with van der Waals surface area (Å²) in [5.41, 5.74) is 1.60. The van der Waals surface area contributed by atoms with E-state index in [0.29, 0.717) is 17.5 Å². The largest absolute Gasteiger partial charge is 0.307 e. The average Bonchev–Trinajstić information content (AvgIpc) is 2.64. The second-order valence-electron chi connectivity index (χ2n) is 7.71. The van der Waals surface area contributed by atoms with Crippen molar-refractivity contribution in [3.05, 3.63) is 35.6 Å². The van der Waals surface area contributed by atoms with Crippen LogP contribution in [0.25, 0.3) is 0 Å². The van der Waals surface area contributed by atoms with Crippen molar-refractivity contribution in [2.45, 2.75) is 71.9 Å². The zero-order chi connectivity index (χ0) is 15.5. The first-order valence-electron chi connectivity index (χ1n) is 8.38. The van der Waals surface area contributed by atoms with Crippen molar-refractivity contribution in [1.29, 1.82) is 0 Å². The van der Waals surface area contributed by atoms with Gasteiger partial charge in [-0.25, -0.2) is 4.39 Å². The molecule has 118 valence electrons. The lowest BCUT2D eigenvalue weighted by atomic mass is 9.76. The SMILES string of the molecule is C[C@@H](NC1CCCC(C(C)(C)C)CC1)c1ccc(F)cc1. The van der Waals surface area contributed by atoms with Gasteiger partial charge in [-0.3, -0.25) is 0 Å². The first kappa shape index (κ1) is 16.5. The van der Waals surface area contributed by atoms with Crippen molar-refractivity contribution in [1.82, 2.24) is 5.32 Å². The zero-order valence-electron chi connectivity index (χ0n) is 14.0. The van der Waals surface area contributed by atoms with Gasteiger partial charge in [0.1, 0.15) is 5.82 Å². The van der Waals surface area contributed by atoms with Gasteiger partial charge < -0.3 is 5.32 Å². The predicted octanol–water partition coefficient (Wildman–Crippen LogP) is 5.47. The summed E-state index contributed by atoms with van der Waals surface area (Å²) < 4.78 is 13.0. The highest BCUT2D eigenvalue weighted by Gasteiger charge is 2.28. The second kappa shape index (κ2) is 6.91. The summed E-state index contributed by atoms with van der Waals surface area (Å²) in [7, 11) is 0. The fraction of sp³-hybridized carbons (Fsp3) is 0.684. The number of nitrogens with one attached hydrogen (secondary N) is 1. The molecule has 0 saturated heterocycles. The first-order chi connectivity index (χ1) is 9.86. The molecular formula is C19H30FN. The van der Waals surface area contributed by atoms with Gasteiger partial charge in [-0.2, -0.15) is 0 Å². The Kier molecular flexibility index (Phi) is 5.43. The van der Waals surface area contributed by atoms with Crippen LogP contribution in [0.5, 0.6) is 0 Å². The minimum atomic E-state index is -0.159. The van der Waals surface area contributed by atoms with Crippen LogP contribution in [0.4, 0.5) is 4.39 Å². The lowest BCUT2D eigenvalue weighted by Crippen LogP contribution is -2.31. The number of rotatable bonds is 3. The molecule has 0 bridgehead atoms. The number of halogens is 1. The van der Waals surface area contributed by atoms with Crippen molar-refractivity contribution in [3.8, 4) is 0 Å². The molecule has 0 aliphatic heterocycles. The van der Waals surface area contributed by atoms with Gasteiger partial charge in [0.2, 0.25) is 0 Å². The van der Waals surface area contributed by atoms with Crippen LogP contribution in [0, 0.1) is 17.2 Å². The number of hydrogen-bond acceptors (Lipinski definition) is 1. The molecule has 2 heteroatoms. The highest BCUT2D eigenvalue weighted by molar-refractivity contribution is 5.19. The Morgan fingerprint density at radius 3 is 2.33 bits per heavy atom. The van der Waals surface area contributed by atoms with Gasteiger partial charge in [-0.1, -0.05) is 39.3 Å². The summed E-state index contributed by atoms with van der Waals surface area (Å²) >= 11 is 0. The Morgan fingerprint density at radius 1 is 1.05 bits per heavy atom. The van der Waals surface area contributed by atoms with Gasteiger partial charge in [-0.15, -0.1) is 0 Å². The van der Waals surface area contributed by atoms with Crippen LogP contribution in [0.15, 0.2) is 24.3 Å². The molecule has 1 aromatic carbocycles. The highest BCUT2D eigenvalue weighted by Crippen LogP contribution is 2.37. The Bertz CT molecular complexity index is 432. The normalized spacial score (nSPS) is 25.4. The van der Waals surface area contributed by atoms with Gasteiger partial charge in [0, 0.05) is 12.1 Å². The van der Waals surface area contributed by atoms with Crippen LogP contribution < -0.4 is 5.32 Å². The van der Waals surface area contributed by atoms with E-state index < -0.39 is 0 Å². The molecule has 1 fully saturated rings. The van der Waals surface area contributed by atoms with E-state index in [1.54, 1.807) is 12.1 Å². The van der Waals surface area contributed by atoms with Crippen molar-refractivity contribution in [3.63, 3.8) is 0 Å². The molecule has 1 nitrogen and oxygen atoms in total. The average molecular weight is 291 g/mol. The predicted molar refractivity (Wildman–Crippen MR) is 87.8 cm³/mol. The molecule has 0 spiro atoms. The standard InChI is InChI=1S/C19H30FN/c1-14(15-8-11-17(20)12-9-15)21-18-7-5-6-16(10-13-18)19(2,3)4/h8-9,11-12,14,16,18,21H,5-7,10,13H2,1-4H3/t14-,16?,18?/m1/s1. The third kappa shape index (κ3) is 4.81. The summed E-state index contributed by atoms with van der Waals surface area (Å²) in [6.45, 7) is 9.28. The molecule has 0 amide bonds. The van der Waals surface area contributed by atoms with Crippen LogP contribution in [-0.2, 0) is 0 Å². The fourth-order valence-corrected chi connectivity index (χ4v) is 3.54. The monoisotopic (exact) mass is 291 g/mol. The van der Waals surface area contributed by atoms with Crippen LogP contribution in [-0.4, -0.2) is 6.04 Å². The summed E-state index contributed by atoms with van der Waals surface area (Å²) in [6, 6.07) is 7.77. The van der Waals surface area contributed by atoms with E-state index in [9.17, 15) is 4.39 Å². The molecule has 0 radical (unpaired) electrons. The van der Waals surface area contributed by atoms with Crippen LogP contribution in [0.2, 0.25) is 0 Å². The lowest BCUT2D eigenvalue weighted by Gasteiger charge is -2.30. The Labute approximate surface area is 129 Å². The third-order valence-corrected chi connectivity index (χ3v) is 5.05. The summed E-state index contributed by atoms with van der Waals surface area (Å²) in [6.07, 6.45) is 6.51. The Morgan fingerprint density at radius 2 is 1.71 bits per heavy atom. The molecule has 2 unspecified atom stereocenters. The summed E-state index contributed by atoms with van der Waals surface area (Å²) in [5, 5.41) is 3.74. The van der Waals surface area contributed by atoms with E-state index in [2.05, 4.69) is 33.0 Å². The van der Waals surface area contributed by atoms with Crippen molar-refractivity contribution in [2.75, 3.05) is 0 Å². The quantitative estimate of drug-likeness (QED) is 0.728. The maximum atomic E-state index is 13.0. The van der Waals surface area contributed by atoms with Crippen LogP contribution in [0.3, 0.4) is 0 Å². The summed E-state index contributed by atoms with van der Waals surface area (Å²) in [4.78, 5) is 0. The van der Waals surface area contributed by atoms with E-state index in [4.69, 9.17) is 0 Å². The second-order valence-corrected chi connectivity index (χ2v) is 7.71. The van der Waals surface area contributed by atoms with E-state index in [1.165, 1.54) is 37.7 Å². The lowest BCUT2D eigenvalue weighted by molar-refractivity contribution is 0.213. The minimum absolute atomic E-state index is 0.159. The molecule has 1 aromatic rings. The van der Waals surface area contributed by atoms with Gasteiger partial charge in [0.05, 0.1) is 0 Å². The molecule has 1 aliphatic carbocycles. The molecule has 1 N–H and O–H groups in total. The molecular weight excluding hydrogens is 261 g/mol. The summed E-state index contributed by atoms with van der Waals surface area (Å²) in [5.74, 6) is 0.680. The maximum absolute atomic E-state index is 13.0. The Balaban J connectivity index is 1.90. The van der Waals surface area contributed by atoms with E-state index in [0.717, 1.165) is 5.92 Å². The molecule has 21 heavy (non-hydrogen) atoms. The van der Waals surface area contributed by atoms with Crippen LogP contribution in [0.1, 0.15) is 71.4 Å².